The van der Waals surface area contributed by atoms with Gasteiger partial charge in [0.15, 0.2) is 0 Å². The fourth-order valence-electron chi connectivity index (χ4n) is 2.54. The summed E-state index contributed by atoms with van der Waals surface area (Å²) in [5.41, 5.74) is 2.67. The van der Waals surface area contributed by atoms with E-state index in [1.54, 1.807) is 0 Å². The van der Waals surface area contributed by atoms with Crippen LogP contribution >= 0.6 is 0 Å². The molecule has 0 spiro atoms. The number of aryl methyl sites for hydroxylation is 1. The van der Waals surface area contributed by atoms with Crippen molar-refractivity contribution in [3.05, 3.63) is 66.0 Å². The van der Waals surface area contributed by atoms with Crippen LogP contribution in [0.4, 0.5) is 20.3 Å². The minimum atomic E-state index is -0.698. The second-order valence-electron chi connectivity index (χ2n) is 5.58. The van der Waals surface area contributed by atoms with Gasteiger partial charge in [-0.15, -0.1) is 0 Å². The van der Waals surface area contributed by atoms with Crippen LogP contribution in [0.15, 0.2) is 53.3 Å². The Morgan fingerprint density at radius 1 is 0.960 bits per heavy atom. The fourth-order valence-corrected chi connectivity index (χ4v) is 2.54. The molecule has 4 rings (SSSR count). The molecular weight excluding hydrogens is 326 g/mol. The monoisotopic (exact) mass is 338 g/mol. The summed E-state index contributed by atoms with van der Waals surface area (Å²) in [7, 11) is 0. The molecule has 0 aliphatic carbocycles. The van der Waals surface area contributed by atoms with E-state index in [-0.39, 0.29) is 17.0 Å². The number of anilines is 2. The van der Waals surface area contributed by atoms with Gasteiger partial charge in [0.25, 0.3) is 5.71 Å². The van der Waals surface area contributed by atoms with Crippen LogP contribution in [0.1, 0.15) is 5.56 Å². The van der Waals surface area contributed by atoms with E-state index in [0.29, 0.717) is 11.2 Å². The molecule has 0 radical (unpaired) electrons. The molecule has 1 N–H and O–H groups in total. The molecule has 0 bridgehead atoms. The van der Waals surface area contributed by atoms with Gasteiger partial charge in [0, 0.05) is 17.3 Å². The van der Waals surface area contributed by atoms with Gasteiger partial charge >= 0.3 is 0 Å². The zero-order chi connectivity index (χ0) is 17.4. The highest BCUT2D eigenvalue weighted by atomic mass is 19.1. The Balaban J connectivity index is 1.85. The Kier molecular flexibility index (Phi) is 3.61. The van der Waals surface area contributed by atoms with Crippen LogP contribution in [-0.4, -0.2) is 15.1 Å². The van der Waals surface area contributed by atoms with Gasteiger partial charge in [0.05, 0.1) is 0 Å². The van der Waals surface area contributed by atoms with Gasteiger partial charge in [-0.1, -0.05) is 22.9 Å². The first-order valence-corrected chi connectivity index (χ1v) is 7.51. The molecule has 5 nitrogen and oxygen atoms in total. The summed E-state index contributed by atoms with van der Waals surface area (Å²) in [6.07, 6.45) is 1.33. The lowest BCUT2D eigenvalue weighted by molar-refractivity contribution is 0.451. The molecule has 0 unspecified atom stereocenters. The summed E-state index contributed by atoms with van der Waals surface area (Å²) in [4.78, 5) is 8.24. The minimum absolute atomic E-state index is 0.226. The summed E-state index contributed by atoms with van der Waals surface area (Å²) >= 11 is 0. The van der Waals surface area contributed by atoms with Crippen LogP contribution in [-0.2, 0) is 0 Å². The Hall–Kier alpha value is -3.35. The summed E-state index contributed by atoms with van der Waals surface area (Å²) in [5.74, 6) is -0.957. The molecule has 0 saturated carbocycles. The number of benzene rings is 2. The number of fused-ring (bicyclic) bond motifs is 1. The van der Waals surface area contributed by atoms with Gasteiger partial charge in [-0.3, -0.25) is 0 Å². The van der Waals surface area contributed by atoms with Crippen LogP contribution < -0.4 is 5.32 Å². The molecule has 2 aromatic carbocycles. The summed E-state index contributed by atoms with van der Waals surface area (Å²) < 4.78 is 32.3. The van der Waals surface area contributed by atoms with Crippen molar-refractivity contribution in [2.45, 2.75) is 6.92 Å². The number of halogens is 2. The smallest absolute Gasteiger partial charge is 0.263 e. The molecule has 0 atom stereocenters. The van der Waals surface area contributed by atoms with Crippen molar-refractivity contribution < 1.29 is 13.3 Å². The fraction of sp³-hybridized carbons (Fsp3) is 0.0556. The van der Waals surface area contributed by atoms with E-state index in [0.717, 1.165) is 17.3 Å². The molecule has 2 aromatic heterocycles. The van der Waals surface area contributed by atoms with E-state index in [1.165, 1.54) is 18.5 Å². The summed E-state index contributed by atoms with van der Waals surface area (Å²) in [6.45, 7) is 1.99. The lowest BCUT2D eigenvalue weighted by atomic mass is 10.1. The van der Waals surface area contributed by atoms with Crippen molar-refractivity contribution in [1.29, 1.82) is 0 Å². The van der Waals surface area contributed by atoms with Gasteiger partial charge in [-0.2, -0.15) is 4.98 Å². The van der Waals surface area contributed by atoms with Crippen molar-refractivity contribution in [1.82, 2.24) is 15.1 Å². The molecule has 7 heteroatoms. The quantitative estimate of drug-likeness (QED) is 0.591. The van der Waals surface area contributed by atoms with Crippen molar-refractivity contribution in [3.8, 4) is 11.3 Å². The first-order valence-electron chi connectivity index (χ1n) is 7.51. The van der Waals surface area contributed by atoms with E-state index in [4.69, 9.17) is 4.52 Å². The number of nitrogens with one attached hydrogen (secondary N) is 1. The lowest BCUT2D eigenvalue weighted by Gasteiger charge is -2.07. The van der Waals surface area contributed by atoms with E-state index in [1.807, 2.05) is 31.2 Å². The third-order valence-corrected chi connectivity index (χ3v) is 3.72. The minimum Gasteiger partial charge on any atom is -0.339 e. The number of hydrogen-bond donors (Lipinski definition) is 1. The van der Waals surface area contributed by atoms with Crippen molar-refractivity contribution in [3.63, 3.8) is 0 Å². The highest BCUT2D eigenvalue weighted by molar-refractivity contribution is 5.98. The first kappa shape index (κ1) is 15.2. The molecule has 0 fully saturated rings. The van der Waals surface area contributed by atoms with Gasteiger partial charge < -0.3 is 9.84 Å². The third-order valence-electron chi connectivity index (χ3n) is 3.72. The summed E-state index contributed by atoms with van der Waals surface area (Å²) in [5, 5.41) is 7.53. The Labute approximate surface area is 141 Å². The third kappa shape index (κ3) is 2.91. The van der Waals surface area contributed by atoms with E-state index in [2.05, 4.69) is 20.4 Å². The number of nitrogens with zero attached hydrogens (tertiary/aromatic N) is 3. The van der Waals surface area contributed by atoms with Gasteiger partial charge in [-0.05, 0) is 31.2 Å². The van der Waals surface area contributed by atoms with Crippen LogP contribution in [0.2, 0.25) is 0 Å². The average molecular weight is 338 g/mol. The van der Waals surface area contributed by atoms with Crippen molar-refractivity contribution in [2.24, 2.45) is 0 Å². The van der Waals surface area contributed by atoms with Crippen LogP contribution in [0, 0.1) is 18.6 Å². The Bertz CT molecular complexity index is 1040. The Morgan fingerprint density at radius 3 is 2.40 bits per heavy atom. The topological polar surface area (TPSA) is 63.8 Å². The molecule has 25 heavy (non-hydrogen) atoms. The zero-order valence-corrected chi connectivity index (χ0v) is 13.1. The van der Waals surface area contributed by atoms with Gasteiger partial charge in [0.1, 0.15) is 34.9 Å². The largest absolute Gasteiger partial charge is 0.339 e. The highest BCUT2D eigenvalue weighted by Gasteiger charge is 2.18. The van der Waals surface area contributed by atoms with E-state index < -0.39 is 11.6 Å². The van der Waals surface area contributed by atoms with Crippen molar-refractivity contribution in [2.75, 3.05) is 5.32 Å². The molecule has 2 heterocycles. The molecule has 4 aromatic rings. The molecular formula is C18H12F2N4O. The number of rotatable bonds is 3. The normalized spacial score (nSPS) is 11.0. The van der Waals surface area contributed by atoms with Gasteiger partial charge in [0.2, 0.25) is 0 Å². The molecule has 0 saturated heterocycles. The standard InChI is InChI=1S/C18H12F2N4O/c1-10-2-4-14(5-3-10)23-17-15-16(24-25-18(15)22-9-21-17)11-6-12(19)8-13(20)7-11/h2-9H,1H3,(H,21,22,23). The predicted octanol–water partition coefficient (Wildman–Crippen LogP) is 4.62. The maximum atomic E-state index is 13.6. The first-order chi connectivity index (χ1) is 12.1. The number of aromatic nitrogens is 3. The predicted molar refractivity (Wildman–Crippen MR) is 89.4 cm³/mol. The molecule has 0 amide bonds. The maximum Gasteiger partial charge on any atom is 0.263 e. The average Bonchev–Trinajstić information content (AvgIpc) is 3.01. The van der Waals surface area contributed by atoms with E-state index >= 15 is 0 Å². The second kappa shape index (κ2) is 5.94. The summed E-state index contributed by atoms with van der Waals surface area (Å²) in [6, 6.07) is 10.9. The molecule has 0 aliphatic heterocycles. The lowest BCUT2D eigenvalue weighted by Crippen LogP contribution is -1.96. The molecule has 124 valence electrons. The SMILES string of the molecule is Cc1ccc(Nc2ncnc3onc(-c4cc(F)cc(F)c4)c23)cc1. The zero-order valence-electron chi connectivity index (χ0n) is 13.1. The second-order valence-corrected chi connectivity index (χ2v) is 5.58. The van der Waals surface area contributed by atoms with Gasteiger partial charge in [-0.25, -0.2) is 13.8 Å². The van der Waals surface area contributed by atoms with Crippen LogP contribution in [0.5, 0.6) is 0 Å². The maximum absolute atomic E-state index is 13.6. The van der Waals surface area contributed by atoms with Crippen LogP contribution in [0.25, 0.3) is 22.4 Å². The van der Waals surface area contributed by atoms with E-state index in [9.17, 15) is 8.78 Å². The highest BCUT2D eigenvalue weighted by Crippen LogP contribution is 2.33. The van der Waals surface area contributed by atoms with Crippen LogP contribution in [0.3, 0.4) is 0 Å². The number of hydrogen-bond acceptors (Lipinski definition) is 5. The van der Waals surface area contributed by atoms with Crippen molar-refractivity contribution >= 4 is 22.6 Å². The Morgan fingerprint density at radius 2 is 1.68 bits per heavy atom. The molecule has 0 aliphatic rings.